The molecule has 0 unspecified atom stereocenters. The maximum absolute atomic E-state index is 10.5. The predicted molar refractivity (Wildman–Crippen MR) is 32.7 cm³/mol. The number of carbonyl (C=O) groups is 1. The Bertz CT molecular complexity index is 243. The van der Waals surface area contributed by atoms with Crippen LogP contribution in [0.25, 0.3) is 0 Å². The molecule has 0 atom stereocenters. The lowest BCUT2D eigenvalue weighted by molar-refractivity contribution is 0.0468. The molecule has 0 saturated carbocycles. The molecule has 5 nitrogen and oxygen atoms in total. The van der Waals surface area contributed by atoms with Gasteiger partial charge < -0.3 is 15.0 Å². The molecular formula is C5H6N2O3. The van der Waals surface area contributed by atoms with Gasteiger partial charge in [-0.3, -0.25) is 0 Å². The molecule has 0 aliphatic heterocycles. The first kappa shape index (κ1) is 6.63. The molecule has 0 fully saturated rings. The van der Waals surface area contributed by atoms with E-state index in [0.717, 1.165) is 0 Å². The van der Waals surface area contributed by atoms with Crippen LogP contribution < -0.4 is 11.6 Å². The summed E-state index contributed by atoms with van der Waals surface area (Å²) in [6.07, 6.45) is 0. The second kappa shape index (κ2) is 2.40. The number of nitrogens with two attached hydrogens (primary N) is 2. The fourth-order valence-electron chi connectivity index (χ4n) is 0.521. The van der Waals surface area contributed by atoms with Gasteiger partial charge in [0.05, 0.1) is 0 Å². The van der Waals surface area contributed by atoms with Gasteiger partial charge in [-0.25, -0.2) is 4.79 Å². The normalized spacial score (nSPS) is 9.30. The van der Waals surface area contributed by atoms with Crippen molar-refractivity contribution in [2.45, 2.75) is 0 Å². The highest BCUT2D eigenvalue weighted by atomic mass is 16.7. The number of hydrogen-bond acceptors (Lipinski definition) is 5. The monoisotopic (exact) mass is 142 g/mol. The molecule has 0 spiro atoms. The van der Waals surface area contributed by atoms with E-state index >= 15 is 0 Å². The van der Waals surface area contributed by atoms with Crippen molar-refractivity contribution >= 4 is 11.9 Å². The molecule has 5 heteroatoms. The van der Waals surface area contributed by atoms with Gasteiger partial charge in [-0.15, -0.1) is 0 Å². The van der Waals surface area contributed by atoms with Crippen LogP contribution in [0.2, 0.25) is 0 Å². The van der Waals surface area contributed by atoms with Gasteiger partial charge in [0.2, 0.25) is 5.76 Å². The van der Waals surface area contributed by atoms with Crippen LogP contribution in [0.1, 0.15) is 10.6 Å². The third kappa shape index (κ3) is 1.08. The average molecular weight is 142 g/mol. The molecule has 0 bridgehead atoms. The number of furan rings is 1. The van der Waals surface area contributed by atoms with Gasteiger partial charge in [0.25, 0.3) is 0 Å². The lowest BCUT2D eigenvalue weighted by Crippen LogP contribution is -2.08. The summed E-state index contributed by atoms with van der Waals surface area (Å²) in [6.45, 7) is 0. The summed E-state index contributed by atoms with van der Waals surface area (Å²) in [7, 11) is 0. The summed E-state index contributed by atoms with van der Waals surface area (Å²) in [5.74, 6) is 3.98. The SMILES string of the molecule is NOC(=O)c1ccc(N)o1. The molecule has 10 heavy (non-hydrogen) atoms. The smallest absolute Gasteiger partial charge is 0.392 e. The highest BCUT2D eigenvalue weighted by Crippen LogP contribution is 2.08. The molecule has 0 amide bonds. The van der Waals surface area contributed by atoms with E-state index in [1.807, 2.05) is 0 Å². The number of nitrogen functional groups attached to an aromatic ring is 1. The van der Waals surface area contributed by atoms with E-state index in [1.54, 1.807) is 0 Å². The number of anilines is 1. The van der Waals surface area contributed by atoms with E-state index in [0.29, 0.717) is 0 Å². The van der Waals surface area contributed by atoms with Crippen LogP contribution >= 0.6 is 0 Å². The van der Waals surface area contributed by atoms with Crippen molar-refractivity contribution in [3.8, 4) is 0 Å². The molecule has 0 aliphatic carbocycles. The van der Waals surface area contributed by atoms with Gasteiger partial charge in [0, 0.05) is 6.07 Å². The van der Waals surface area contributed by atoms with Crippen molar-refractivity contribution in [3.63, 3.8) is 0 Å². The fourth-order valence-corrected chi connectivity index (χ4v) is 0.521. The molecule has 0 saturated heterocycles. The second-order valence-corrected chi connectivity index (χ2v) is 1.61. The molecular weight excluding hydrogens is 136 g/mol. The van der Waals surface area contributed by atoms with Crippen molar-refractivity contribution in [2.75, 3.05) is 5.73 Å². The van der Waals surface area contributed by atoms with Crippen molar-refractivity contribution in [1.29, 1.82) is 0 Å². The minimum Gasteiger partial charge on any atom is -0.434 e. The van der Waals surface area contributed by atoms with Crippen LogP contribution in [-0.2, 0) is 4.84 Å². The summed E-state index contributed by atoms with van der Waals surface area (Å²) >= 11 is 0. The molecule has 0 aromatic carbocycles. The van der Waals surface area contributed by atoms with E-state index in [1.165, 1.54) is 12.1 Å². The fraction of sp³-hybridized carbons (Fsp3) is 0. The zero-order valence-corrected chi connectivity index (χ0v) is 5.03. The first-order valence-electron chi connectivity index (χ1n) is 2.50. The number of carbonyl (C=O) groups excluding carboxylic acids is 1. The largest absolute Gasteiger partial charge is 0.434 e. The van der Waals surface area contributed by atoms with Gasteiger partial charge in [0.15, 0.2) is 5.88 Å². The summed E-state index contributed by atoms with van der Waals surface area (Å²) in [5, 5.41) is 0. The van der Waals surface area contributed by atoms with Crippen LogP contribution in [0.3, 0.4) is 0 Å². The maximum Gasteiger partial charge on any atom is 0.392 e. The first-order chi connectivity index (χ1) is 4.74. The first-order valence-corrected chi connectivity index (χ1v) is 2.50. The van der Waals surface area contributed by atoms with Crippen LogP contribution in [0.5, 0.6) is 0 Å². The summed E-state index contributed by atoms with van der Waals surface area (Å²) in [4.78, 5) is 14.4. The molecule has 1 rings (SSSR count). The van der Waals surface area contributed by atoms with Gasteiger partial charge in [-0.2, -0.15) is 5.90 Å². The van der Waals surface area contributed by atoms with Gasteiger partial charge in [0.1, 0.15) is 0 Å². The van der Waals surface area contributed by atoms with Crippen LogP contribution in [0, 0.1) is 0 Å². The van der Waals surface area contributed by atoms with E-state index in [9.17, 15) is 4.79 Å². The summed E-state index contributed by atoms with van der Waals surface area (Å²) < 4.78 is 4.66. The van der Waals surface area contributed by atoms with Gasteiger partial charge >= 0.3 is 5.97 Å². The maximum atomic E-state index is 10.5. The highest BCUT2D eigenvalue weighted by molar-refractivity contribution is 5.86. The van der Waals surface area contributed by atoms with E-state index in [-0.39, 0.29) is 11.6 Å². The zero-order chi connectivity index (χ0) is 7.56. The molecule has 1 aromatic heterocycles. The molecule has 54 valence electrons. The molecule has 4 N–H and O–H groups in total. The van der Waals surface area contributed by atoms with E-state index in [2.05, 4.69) is 15.2 Å². The molecule has 1 aromatic rings. The van der Waals surface area contributed by atoms with Crippen molar-refractivity contribution < 1.29 is 14.0 Å². The summed E-state index contributed by atoms with van der Waals surface area (Å²) in [6, 6.07) is 2.82. The van der Waals surface area contributed by atoms with Crippen LogP contribution in [0.15, 0.2) is 16.5 Å². The second-order valence-electron chi connectivity index (χ2n) is 1.61. The predicted octanol–water partition coefficient (Wildman–Crippen LogP) is -0.108. The third-order valence-corrected chi connectivity index (χ3v) is 0.935. The minimum absolute atomic E-state index is 0.000000000000000444. The topological polar surface area (TPSA) is 91.5 Å². The van der Waals surface area contributed by atoms with E-state index in [4.69, 9.17) is 5.73 Å². The Labute approximate surface area is 56.5 Å². The highest BCUT2D eigenvalue weighted by Gasteiger charge is 2.09. The Hall–Kier alpha value is -1.49. The molecule has 0 aliphatic rings. The number of hydrogen-bond donors (Lipinski definition) is 2. The van der Waals surface area contributed by atoms with Crippen molar-refractivity contribution in [1.82, 2.24) is 0 Å². The lowest BCUT2D eigenvalue weighted by atomic mass is 10.5. The minimum atomic E-state index is -0.739. The van der Waals surface area contributed by atoms with Crippen LogP contribution in [0.4, 0.5) is 5.88 Å². The Morgan fingerprint density at radius 1 is 1.60 bits per heavy atom. The Morgan fingerprint density at radius 3 is 2.70 bits per heavy atom. The van der Waals surface area contributed by atoms with Crippen molar-refractivity contribution in [3.05, 3.63) is 17.9 Å². The van der Waals surface area contributed by atoms with Gasteiger partial charge in [-0.05, 0) is 6.07 Å². The lowest BCUT2D eigenvalue weighted by Gasteiger charge is -1.89. The number of rotatable bonds is 1. The Kier molecular flexibility index (Phi) is 1.59. The molecule has 1 heterocycles. The Balaban J connectivity index is 2.85. The average Bonchev–Trinajstić information content (AvgIpc) is 2.34. The molecule has 0 radical (unpaired) electrons. The zero-order valence-electron chi connectivity index (χ0n) is 5.03. The third-order valence-electron chi connectivity index (χ3n) is 0.935. The van der Waals surface area contributed by atoms with Gasteiger partial charge in [-0.1, -0.05) is 0 Å². The van der Waals surface area contributed by atoms with Crippen molar-refractivity contribution in [2.24, 2.45) is 5.90 Å². The van der Waals surface area contributed by atoms with Crippen LogP contribution in [-0.4, -0.2) is 5.97 Å². The quantitative estimate of drug-likeness (QED) is 0.534. The standard InChI is InChI=1S/C5H6N2O3/c6-4-2-1-3(9-4)5(8)10-7/h1-2H,6-7H2. The summed E-state index contributed by atoms with van der Waals surface area (Å²) in [5.41, 5.74) is 5.16. The Morgan fingerprint density at radius 2 is 2.30 bits per heavy atom. The van der Waals surface area contributed by atoms with E-state index < -0.39 is 5.97 Å².